The average Bonchev–Trinajstić information content (AvgIpc) is 3.67. The number of carbonyl (C=O) groups is 1. The molecule has 0 bridgehead atoms. The maximum Gasteiger partial charge on any atom is 0.252 e. The minimum atomic E-state index is -0.100. The lowest BCUT2D eigenvalue weighted by molar-refractivity contribution is 0.0966. The number of hydrogen-bond donors (Lipinski definition) is 3. The SMILES string of the molecule is Cl.Cl.O=C1NCc2c(Cl)c(OCCCN3CCC[C@H]3CO)cc(-c3cc4cc(CN5CCCCC5)ccc4[nH]3)c21. The minimum absolute atomic E-state index is 0. The van der Waals surface area contributed by atoms with Gasteiger partial charge in [0.2, 0.25) is 0 Å². The zero-order valence-electron chi connectivity index (χ0n) is 22.7. The van der Waals surface area contributed by atoms with Gasteiger partial charge in [0, 0.05) is 53.4 Å². The fourth-order valence-corrected chi connectivity index (χ4v) is 6.61. The predicted octanol–water partition coefficient (Wildman–Crippen LogP) is 5.79. The van der Waals surface area contributed by atoms with Gasteiger partial charge in [0.05, 0.1) is 23.8 Å². The van der Waals surface area contributed by atoms with E-state index in [0.717, 1.165) is 66.6 Å². The van der Waals surface area contributed by atoms with E-state index in [4.69, 9.17) is 16.3 Å². The molecular formula is C30H39Cl3N4O3. The van der Waals surface area contributed by atoms with Crippen LogP contribution in [0.1, 0.15) is 60.0 Å². The van der Waals surface area contributed by atoms with E-state index in [0.29, 0.717) is 29.5 Å². The molecule has 7 nitrogen and oxygen atoms in total. The first-order valence-corrected chi connectivity index (χ1v) is 14.4. The van der Waals surface area contributed by atoms with Crippen LogP contribution in [0.2, 0.25) is 5.02 Å². The normalized spacial score (nSPS) is 19.2. The number of benzene rings is 2. The van der Waals surface area contributed by atoms with Crippen molar-refractivity contribution in [3.8, 4) is 17.0 Å². The molecule has 218 valence electrons. The Morgan fingerprint density at radius 1 is 1.05 bits per heavy atom. The monoisotopic (exact) mass is 608 g/mol. The largest absolute Gasteiger partial charge is 0.492 e. The Labute approximate surface area is 253 Å². The van der Waals surface area contributed by atoms with Gasteiger partial charge in [-0.05, 0) is 81.6 Å². The van der Waals surface area contributed by atoms with E-state index in [9.17, 15) is 9.90 Å². The van der Waals surface area contributed by atoms with Gasteiger partial charge < -0.3 is 20.1 Å². The second kappa shape index (κ2) is 13.8. The van der Waals surface area contributed by atoms with Crippen molar-refractivity contribution in [1.82, 2.24) is 20.1 Å². The molecule has 1 aromatic heterocycles. The third-order valence-electron chi connectivity index (χ3n) is 8.37. The van der Waals surface area contributed by atoms with Gasteiger partial charge in [-0.3, -0.25) is 14.6 Å². The van der Waals surface area contributed by atoms with Gasteiger partial charge in [-0.1, -0.05) is 24.1 Å². The highest BCUT2D eigenvalue weighted by Crippen LogP contribution is 2.41. The van der Waals surface area contributed by atoms with Crippen molar-refractivity contribution < 1.29 is 14.6 Å². The van der Waals surface area contributed by atoms with Gasteiger partial charge in [0.15, 0.2) is 0 Å². The lowest BCUT2D eigenvalue weighted by Crippen LogP contribution is -2.33. The molecule has 3 aromatic rings. The van der Waals surface area contributed by atoms with Crippen LogP contribution in [0.15, 0.2) is 30.3 Å². The molecule has 4 heterocycles. The van der Waals surface area contributed by atoms with E-state index in [1.54, 1.807) is 0 Å². The molecule has 3 aliphatic rings. The Balaban J connectivity index is 0.00000185. The molecule has 0 spiro atoms. The number of aliphatic hydroxyl groups is 1. The third-order valence-corrected chi connectivity index (χ3v) is 8.78. The Kier molecular flexibility index (Phi) is 10.7. The Morgan fingerprint density at radius 2 is 1.88 bits per heavy atom. The lowest BCUT2D eigenvalue weighted by atomic mass is 9.99. The fourth-order valence-electron chi connectivity index (χ4n) is 6.33. The van der Waals surface area contributed by atoms with Crippen LogP contribution in [0.25, 0.3) is 22.2 Å². The Morgan fingerprint density at radius 3 is 2.67 bits per heavy atom. The number of piperidine rings is 1. The van der Waals surface area contributed by atoms with E-state index in [1.165, 1.54) is 37.9 Å². The van der Waals surface area contributed by atoms with Crippen LogP contribution in [0.4, 0.5) is 0 Å². The summed E-state index contributed by atoms with van der Waals surface area (Å²) in [7, 11) is 0. The van der Waals surface area contributed by atoms with Crippen molar-refractivity contribution in [2.24, 2.45) is 0 Å². The van der Waals surface area contributed by atoms with Crippen LogP contribution in [-0.4, -0.2) is 71.2 Å². The first kappa shape index (κ1) is 30.9. The number of aromatic nitrogens is 1. The standard InChI is InChI=1S/C30H37ClN4O3.2ClH/c31-29-24-17-32-30(37)28(24)23(16-27(29)38-13-5-12-35-11-4-6-22(35)19-36)26-15-21-14-20(7-8-25(21)33-26)18-34-9-2-1-3-10-34;;/h7-8,14-16,22,33,36H,1-6,9-13,17-19H2,(H,32,37);2*1H/t22-;;/m0../s1. The van der Waals surface area contributed by atoms with Crippen molar-refractivity contribution in [1.29, 1.82) is 0 Å². The first-order valence-electron chi connectivity index (χ1n) is 14.1. The second-order valence-electron chi connectivity index (χ2n) is 10.9. The second-order valence-corrected chi connectivity index (χ2v) is 11.3. The Hall–Kier alpha value is -2.00. The number of amides is 1. The highest BCUT2D eigenvalue weighted by Gasteiger charge is 2.29. The molecule has 3 N–H and O–H groups in total. The number of likely N-dealkylation sites (tertiary alicyclic amines) is 2. The summed E-state index contributed by atoms with van der Waals surface area (Å²) in [6.07, 6.45) is 6.95. The summed E-state index contributed by atoms with van der Waals surface area (Å²) in [4.78, 5) is 21.2. The summed E-state index contributed by atoms with van der Waals surface area (Å²) in [5.41, 5.74) is 5.51. The van der Waals surface area contributed by atoms with Crippen LogP contribution in [0.5, 0.6) is 5.75 Å². The molecule has 1 amide bonds. The molecule has 0 aliphatic carbocycles. The highest BCUT2D eigenvalue weighted by atomic mass is 35.5. The fraction of sp³-hybridized carbons (Fsp3) is 0.500. The molecule has 10 heteroatoms. The number of halogens is 3. The maximum atomic E-state index is 12.8. The van der Waals surface area contributed by atoms with E-state index in [-0.39, 0.29) is 43.4 Å². The molecule has 1 atom stereocenters. The van der Waals surface area contributed by atoms with Crippen LogP contribution < -0.4 is 10.1 Å². The van der Waals surface area contributed by atoms with Gasteiger partial charge >= 0.3 is 0 Å². The number of nitrogens with one attached hydrogen (secondary N) is 2. The van der Waals surface area contributed by atoms with E-state index >= 15 is 0 Å². The average molecular weight is 610 g/mol. The van der Waals surface area contributed by atoms with Crippen molar-refractivity contribution >= 4 is 53.2 Å². The van der Waals surface area contributed by atoms with Gasteiger partial charge in [0.25, 0.3) is 5.91 Å². The molecule has 0 saturated carbocycles. The number of rotatable bonds is 9. The molecule has 6 rings (SSSR count). The zero-order valence-corrected chi connectivity index (χ0v) is 25.1. The zero-order chi connectivity index (χ0) is 26.1. The molecule has 2 aromatic carbocycles. The Bertz CT molecular complexity index is 1330. The number of aromatic amines is 1. The third kappa shape index (κ3) is 6.40. The predicted molar refractivity (Wildman–Crippen MR) is 165 cm³/mol. The quantitative estimate of drug-likeness (QED) is 0.268. The van der Waals surface area contributed by atoms with E-state index in [1.807, 2.05) is 6.07 Å². The molecule has 2 fully saturated rings. The molecule has 3 aliphatic heterocycles. The van der Waals surface area contributed by atoms with Gasteiger partial charge in [-0.15, -0.1) is 24.8 Å². The van der Waals surface area contributed by atoms with Crippen molar-refractivity contribution in [2.75, 3.05) is 39.4 Å². The maximum absolute atomic E-state index is 12.8. The van der Waals surface area contributed by atoms with Crippen LogP contribution in [-0.2, 0) is 13.1 Å². The van der Waals surface area contributed by atoms with Crippen LogP contribution >= 0.6 is 36.4 Å². The van der Waals surface area contributed by atoms with Gasteiger partial charge in [-0.25, -0.2) is 0 Å². The van der Waals surface area contributed by atoms with E-state index < -0.39 is 0 Å². The molecule has 40 heavy (non-hydrogen) atoms. The number of carbonyl (C=O) groups excluding carboxylic acids is 1. The molecular weight excluding hydrogens is 571 g/mol. The van der Waals surface area contributed by atoms with Crippen molar-refractivity contribution in [2.45, 2.75) is 57.7 Å². The van der Waals surface area contributed by atoms with Crippen molar-refractivity contribution in [3.63, 3.8) is 0 Å². The van der Waals surface area contributed by atoms with Gasteiger partial charge in [-0.2, -0.15) is 0 Å². The molecule has 2 saturated heterocycles. The van der Waals surface area contributed by atoms with Crippen molar-refractivity contribution in [3.05, 3.63) is 52.0 Å². The smallest absolute Gasteiger partial charge is 0.252 e. The summed E-state index contributed by atoms with van der Waals surface area (Å²) < 4.78 is 6.19. The molecule has 0 radical (unpaired) electrons. The number of nitrogens with zero attached hydrogens (tertiary/aromatic N) is 2. The number of H-pyrrole nitrogens is 1. The first-order chi connectivity index (χ1) is 18.6. The topological polar surface area (TPSA) is 80.8 Å². The van der Waals surface area contributed by atoms with Gasteiger partial charge in [0.1, 0.15) is 5.75 Å². The minimum Gasteiger partial charge on any atom is -0.492 e. The number of fused-ring (bicyclic) bond motifs is 2. The number of hydrogen-bond acceptors (Lipinski definition) is 5. The summed E-state index contributed by atoms with van der Waals surface area (Å²) in [6, 6.07) is 10.9. The number of ether oxygens (including phenoxy) is 1. The van der Waals surface area contributed by atoms with Crippen LogP contribution in [0, 0.1) is 0 Å². The summed E-state index contributed by atoms with van der Waals surface area (Å²) in [6.45, 7) is 6.39. The van der Waals surface area contributed by atoms with E-state index in [2.05, 4.69) is 44.4 Å². The summed E-state index contributed by atoms with van der Waals surface area (Å²) in [5.74, 6) is 0.512. The molecule has 0 unspecified atom stereocenters. The highest BCUT2D eigenvalue weighted by molar-refractivity contribution is 6.34. The van der Waals surface area contributed by atoms with Crippen LogP contribution in [0.3, 0.4) is 0 Å². The summed E-state index contributed by atoms with van der Waals surface area (Å²) in [5, 5.41) is 14.2. The number of aliphatic hydroxyl groups excluding tert-OH is 1. The summed E-state index contributed by atoms with van der Waals surface area (Å²) >= 11 is 6.75. The lowest BCUT2D eigenvalue weighted by Gasteiger charge is -2.26.